The molecule has 0 aliphatic rings. The third-order valence-electron chi connectivity index (χ3n) is 2.31. The van der Waals surface area contributed by atoms with Gasteiger partial charge in [0.1, 0.15) is 5.75 Å². The van der Waals surface area contributed by atoms with E-state index in [0.717, 1.165) is 9.35 Å². The number of carbonyl (C=O) groups excluding carboxylic acids is 1. The Labute approximate surface area is 129 Å². The highest BCUT2D eigenvalue weighted by molar-refractivity contribution is 9.10. The van der Waals surface area contributed by atoms with Gasteiger partial charge in [-0.25, -0.2) is 4.79 Å². The van der Waals surface area contributed by atoms with Crippen molar-refractivity contribution in [1.29, 1.82) is 0 Å². The van der Waals surface area contributed by atoms with Gasteiger partial charge >= 0.3 is 5.97 Å². The highest BCUT2D eigenvalue weighted by Crippen LogP contribution is 2.17. The van der Waals surface area contributed by atoms with Crippen LogP contribution in [0.5, 0.6) is 5.75 Å². The zero-order valence-corrected chi connectivity index (χ0v) is 13.1. The summed E-state index contributed by atoms with van der Waals surface area (Å²) in [6.07, 6.45) is 0. The van der Waals surface area contributed by atoms with Gasteiger partial charge in [-0.3, -0.25) is 0 Å². The smallest absolute Gasteiger partial charge is 0.372 e. The van der Waals surface area contributed by atoms with Crippen molar-refractivity contribution in [2.45, 2.75) is 6.92 Å². The molecule has 1 aromatic heterocycles. The van der Waals surface area contributed by atoms with E-state index in [9.17, 15) is 4.79 Å². The lowest BCUT2D eigenvalue weighted by atomic mass is 10.3. The fourth-order valence-electron chi connectivity index (χ4n) is 1.37. The van der Waals surface area contributed by atoms with E-state index in [1.54, 1.807) is 19.1 Å². The molecule has 4 nitrogen and oxygen atoms in total. The van der Waals surface area contributed by atoms with Gasteiger partial charge in [0.25, 0.3) is 0 Å². The third kappa shape index (κ3) is 4.47. The summed E-state index contributed by atoms with van der Waals surface area (Å²) in [7, 11) is 0. The lowest BCUT2D eigenvalue weighted by Crippen LogP contribution is -2.13. The van der Waals surface area contributed by atoms with Crippen molar-refractivity contribution in [3.8, 4) is 5.75 Å². The Balaban J connectivity index is 1.83. The molecule has 1 heterocycles. The normalized spacial score (nSPS) is 11.2. The molecular formula is C14H12BrNO3S. The molecule has 6 heteroatoms. The average Bonchev–Trinajstić information content (AvgIpc) is 2.97. The van der Waals surface area contributed by atoms with E-state index in [1.165, 1.54) is 11.3 Å². The summed E-state index contributed by atoms with van der Waals surface area (Å²) in [5.74, 6) is 0.0520. The van der Waals surface area contributed by atoms with Gasteiger partial charge in [-0.05, 0) is 36.6 Å². The molecule has 0 aliphatic carbocycles. The molecule has 0 unspecified atom stereocenters. The number of hydrogen-bond donors (Lipinski definition) is 0. The van der Waals surface area contributed by atoms with Crippen LogP contribution < -0.4 is 4.74 Å². The summed E-state index contributed by atoms with van der Waals surface area (Å²) in [6.45, 7) is 1.60. The Bertz CT molecular complexity index is 611. The van der Waals surface area contributed by atoms with Crippen molar-refractivity contribution in [3.63, 3.8) is 0 Å². The fraction of sp³-hybridized carbons (Fsp3) is 0.143. The number of hydrogen-bond acceptors (Lipinski definition) is 5. The molecule has 0 atom stereocenters. The molecule has 0 amide bonds. The van der Waals surface area contributed by atoms with Gasteiger partial charge in [0.15, 0.2) is 6.61 Å². The molecule has 0 aliphatic heterocycles. The Hall–Kier alpha value is -1.66. The molecule has 0 saturated heterocycles. The maximum absolute atomic E-state index is 11.5. The van der Waals surface area contributed by atoms with E-state index in [2.05, 4.69) is 21.1 Å². The average molecular weight is 354 g/mol. The van der Waals surface area contributed by atoms with E-state index in [-0.39, 0.29) is 6.61 Å². The van der Waals surface area contributed by atoms with Crippen molar-refractivity contribution >= 4 is 38.9 Å². The predicted octanol–water partition coefficient (Wildman–Crippen LogP) is 3.86. The Morgan fingerprint density at radius 1 is 1.35 bits per heavy atom. The molecule has 0 N–H and O–H groups in total. The molecular weight excluding hydrogens is 342 g/mol. The maximum atomic E-state index is 11.5. The van der Waals surface area contributed by atoms with E-state index in [4.69, 9.17) is 9.57 Å². The van der Waals surface area contributed by atoms with Crippen LogP contribution in [0.25, 0.3) is 0 Å². The van der Waals surface area contributed by atoms with E-state index >= 15 is 0 Å². The van der Waals surface area contributed by atoms with Crippen LogP contribution in [0.1, 0.15) is 11.8 Å². The molecule has 1 aromatic carbocycles. The molecule has 20 heavy (non-hydrogen) atoms. The number of thiophene rings is 1. The van der Waals surface area contributed by atoms with Gasteiger partial charge in [-0.1, -0.05) is 33.2 Å². The first-order valence-corrected chi connectivity index (χ1v) is 7.49. The molecule has 0 saturated carbocycles. The standard InChI is InChI=1S/C14H12BrNO3S/c1-10(13-6-3-7-20-13)16-19-14(17)9-18-12-5-2-4-11(15)8-12/h2-8H,9H2,1H3/b16-10-. The van der Waals surface area contributed by atoms with Crippen LogP contribution in [0.4, 0.5) is 0 Å². The van der Waals surface area contributed by atoms with Crippen LogP contribution in [0, 0.1) is 0 Å². The number of oxime groups is 1. The van der Waals surface area contributed by atoms with E-state index in [0.29, 0.717) is 11.5 Å². The summed E-state index contributed by atoms with van der Waals surface area (Å²) in [5.41, 5.74) is 0.663. The Morgan fingerprint density at radius 3 is 2.90 bits per heavy atom. The second-order valence-electron chi connectivity index (χ2n) is 3.86. The summed E-state index contributed by atoms with van der Waals surface area (Å²) in [4.78, 5) is 17.3. The predicted molar refractivity (Wildman–Crippen MR) is 82.3 cm³/mol. The SMILES string of the molecule is C/C(=N/OC(=O)COc1cccc(Br)c1)c1cccs1. The minimum Gasteiger partial charge on any atom is -0.482 e. The third-order valence-corrected chi connectivity index (χ3v) is 3.79. The lowest BCUT2D eigenvalue weighted by Gasteiger charge is -2.04. The number of ether oxygens (including phenoxy) is 1. The van der Waals surface area contributed by atoms with Crippen LogP contribution in [-0.4, -0.2) is 18.3 Å². The minimum atomic E-state index is -0.541. The molecule has 0 spiro atoms. The van der Waals surface area contributed by atoms with Gasteiger partial charge < -0.3 is 9.57 Å². The number of benzene rings is 1. The minimum absolute atomic E-state index is 0.183. The second kappa shape index (κ2) is 7.21. The second-order valence-corrected chi connectivity index (χ2v) is 5.73. The van der Waals surface area contributed by atoms with E-state index < -0.39 is 5.97 Å². The molecule has 2 aromatic rings. The summed E-state index contributed by atoms with van der Waals surface area (Å²) >= 11 is 4.86. The number of rotatable bonds is 5. The van der Waals surface area contributed by atoms with Gasteiger partial charge in [0, 0.05) is 4.47 Å². The molecule has 0 fully saturated rings. The topological polar surface area (TPSA) is 47.9 Å². The van der Waals surface area contributed by atoms with Crippen molar-refractivity contribution < 1.29 is 14.4 Å². The van der Waals surface area contributed by atoms with Crippen molar-refractivity contribution in [3.05, 3.63) is 51.1 Å². The first-order valence-electron chi connectivity index (χ1n) is 5.82. The van der Waals surface area contributed by atoms with Crippen LogP contribution in [0.15, 0.2) is 51.4 Å². The zero-order valence-electron chi connectivity index (χ0n) is 10.7. The quantitative estimate of drug-likeness (QED) is 0.465. The summed E-state index contributed by atoms with van der Waals surface area (Å²) < 4.78 is 6.18. The largest absolute Gasteiger partial charge is 0.482 e. The number of halogens is 1. The number of carbonyl (C=O) groups is 1. The van der Waals surface area contributed by atoms with Crippen LogP contribution >= 0.6 is 27.3 Å². The number of nitrogens with zero attached hydrogens (tertiary/aromatic N) is 1. The van der Waals surface area contributed by atoms with Gasteiger partial charge in [-0.2, -0.15) is 0 Å². The Kier molecular flexibility index (Phi) is 5.31. The van der Waals surface area contributed by atoms with E-state index in [1.807, 2.05) is 29.6 Å². The van der Waals surface area contributed by atoms with Crippen LogP contribution in [0.2, 0.25) is 0 Å². The Morgan fingerprint density at radius 2 is 2.20 bits per heavy atom. The van der Waals surface area contributed by atoms with Gasteiger partial charge in [0.2, 0.25) is 0 Å². The summed E-state index contributed by atoms with van der Waals surface area (Å²) in [6, 6.07) is 11.1. The van der Waals surface area contributed by atoms with Crippen LogP contribution in [0.3, 0.4) is 0 Å². The fourth-order valence-corrected chi connectivity index (χ4v) is 2.42. The highest BCUT2D eigenvalue weighted by Gasteiger charge is 2.06. The molecule has 2 rings (SSSR count). The maximum Gasteiger partial charge on any atom is 0.372 e. The van der Waals surface area contributed by atoms with Crippen molar-refractivity contribution in [2.24, 2.45) is 5.16 Å². The van der Waals surface area contributed by atoms with Gasteiger partial charge in [-0.15, -0.1) is 11.3 Å². The molecule has 0 radical (unpaired) electrons. The first kappa shape index (κ1) is 14.7. The van der Waals surface area contributed by atoms with Crippen LogP contribution in [-0.2, 0) is 9.63 Å². The molecule has 0 bridgehead atoms. The molecule has 104 valence electrons. The van der Waals surface area contributed by atoms with Crippen molar-refractivity contribution in [2.75, 3.05) is 6.61 Å². The summed E-state index contributed by atoms with van der Waals surface area (Å²) in [5, 5.41) is 5.72. The van der Waals surface area contributed by atoms with Crippen molar-refractivity contribution in [1.82, 2.24) is 0 Å². The first-order chi connectivity index (χ1) is 9.65. The lowest BCUT2D eigenvalue weighted by molar-refractivity contribution is -0.146. The zero-order chi connectivity index (χ0) is 14.4. The highest BCUT2D eigenvalue weighted by atomic mass is 79.9. The van der Waals surface area contributed by atoms with Gasteiger partial charge in [0.05, 0.1) is 10.6 Å². The monoisotopic (exact) mass is 353 g/mol.